The zero-order valence-electron chi connectivity index (χ0n) is 18.9. The summed E-state index contributed by atoms with van der Waals surface area (Å²) in [5.74, 6) is -0.485. The van der Waals surface area contributed by atoms with Gasteiger partial charge in [0.05, 0.1) is 22.1 Å². The molecule has 1 heterocycles. The zero-order valence-corrected chi connectivity index (χ0v) is 19.6. The minimum absolute atomic E-state index is 0.0466. The van der Waals surface area contributed by atoms with E-state index in [0.29, 0.717) is 28.8 Å². The first kappa shape index (κ1) is 25.5. The number of ether oxygens (including phenoxy) is 2. The lowest BCUT2D eigenvalue weighted by Gasteiger charge is -2.15. The monoisotopic (exact) mass is 529 g/mol. The van der Waals surface area contributed by atoms with Crippen molar-refractivity contribution in [1.29, 1.82) is 5.26 Å². The Balaban J connectivity index is 1.75. The van der Waals surface area contributed by atoms with Gasteiger partial charge < -0.3 is 13.9 Å². The summed E-state index contributed by atoms with van der Waals surface area (Å²) in [5, 5.41) is 21.0. The quantitative estimate of drug-likeness (QED) is 0.137. The average Bonchev–Trinajstić information content (AvgIpc) is 3.28. The minimum atomic E-state index is -4.78. The fraction of sp³-hybridized carbons (Fsp3) is 0.120. The van der Waals surface area contributed by atoms with Gasteiger partial charge in [-0.15, -0.1) is 0 Å². The van der Waals surface area contributed by atoms with Crippen molar-refractivity contribution in [2.45, 2.75) is 13.1 Å². The van der Waals surface area contributed by atoms with E-state index in [1.807, 2.05) is 6.07 Å². The third-order valence-corrected chi connectivity index (χ3v) is 5.26. The molecular weight excluding hydrogens is 515 g/mol. The number of hydrogen-bond donors (Lipinski definition) is 0. The second-order valence-corrected chi connectivity index (χ2v) is 7.87. The molecule has 0 N–H and O–H groups in total. The molecule has 1 aromatic heterocycles. The molecule has 0 aliphatic carbocycles. The largest absolute Gasteiger partial charge is 0.490 e. The number of rotatable bonds is 7. The van der Waals surface area contributed by atoms with Gasteiger partial charge in [0.2, 0.25) is 11.6 Å². The number of nitro benzene ring substituents is 1. The van der Waals surface area contributed by atoms with Crippen LogP contribution in [0.15, 0.2) is 59.0 Å². The second-order valence-electron chi connectivity index (χ2n) is 7.46. The van der Waals surface area contributed by atoms with Gasteiger partial charge in [-0.2, -0.15) is 18.4 Å². The van der Waals surface area contributed by atoms with Crippen molar-refractivity contribution in [3.63, 3.8) is 0 Å². The molecule has 0 atom stereocenters. The topological polar surface area (TPSA) is 111 Å². The fourth-order valence-electron chi connectivity index (χ4n) is 3.36. The van der Waals surface area contributed by atoms with E-state index >= 15 is 0 Å². The number of halogens is 4. The van der Waals surface area contributed by atoms with Crippen molar-refractivity contribution in [3.05, 3.63) is 86.8 Å². The molecule has 8 nitrogen and oxygen atoms in total. The number of aromatic nitrogens is 1. The molecule has 0 amide bonds. The molecule has 0 fully saturated rings. The molecule has 0 radical (unpaired) electrons. The summed E-state index contributed by atoms with van der Waals surface area (Å²) < 4.78 is 55.9. The molecule has 4 aromatic rings. The Morgan fingerprint density at radius 3 is 2.62 bits per heavy atom. The summed E-state index contributed by atoms with van der Waals surface area (Å²) in [7, 11) is 0. The maximum Gasteiger partial charge on any atom is 0.416 e. The van der Waals surface area contributed by atoms with Crippen molar-refractivity contribution in [1.82, 2.24) is 4.98 Å². The van der Waals surface area contributed by atoms with Crippen molar-refractivity contribution in [2.75, 3.05) is 6.61 Å². The highest BCUT2D eigenvalue weighted by molar-refractivity contribution is 6.32. The minimum Gasteiger partial charge on any atom is -0.490 e. The number of nitriles is 1. The molecule has 188 valence electrons. The number of benzene rings is 3. The van der Waals surface area contributed by atoms with Crippen LogP contribution in [0.1, 0.15) is 23.9 Å². The van der Waals surface area contributed by atoms with Gasteiger partial charge in [0.25, 0.3) is 0 Å². The van der Waals surface area contributed by atoms with Crippen LogP contribution in [0.4, 0.5) is 18.9 Å². The van der Waals surface area contributed by atoms with E-state index in [-0.39, 0.29) is 34.6 Å². The first-order valence-electron chi connectivity index (χ1n) is 10.6. The van der Waals surface area contributed by atoms with Crippen LogP contribution in [0.5, 0.6) is 17.2 Å². The molecule has 12 heteroatoms. The second kappa shape index (κ2) is 10.2. The molecule has 0 saturated heterocycles. The Kier molecular flexibility index (Phi) is 7.04. The van der Waals surface area contributed by atoms with E-state index in [9.17, 15) is 28.5 Å². The van der Waals surface area contributed by atoms with Gasteiger partial charge in [0.15, 0.2) is 17.1 Å². The van der Waals surface area contributed by atoms with Crippen molar-refractivity contribution in [2.24, 2.45) is 0 Å². The highest BCUT2D eigenvalue weighted by Crippen LogP contribution is 2.44. The maximum absolute atomic E-state index is 13.0. The van der Waals surface area contributed by atoms with Gasteiger partial charge in [0.1, 0.15) is 17.2 Å². The SMILES string of the molecule is CCOc1cc(/C=C(\C#N)c2nc3ccccc3o2)cc(Cl)c1Oc1ccc(C(F)(F)F)cc1[N+](=O)[O-]. The number of hydrogen-bond acceptors (Lipinski definition) is 7. The predicted molar refractivity (Wildman–Crippen MR) is 128 cm³/mol. The maximum atomic E-state index is 13.0. The summed E-state index contributed by atoms with van der Waals surface area (Å²) in [6.45, 7) is 1.81. The number of para-hydroxylation sites is 2. The predicted octanol–water partition coefficient (Wildman–Crippen LogP) is 7.66. The Labute approximate surface area is 212 Å². The lowest BCUT2D eigenvalue weighted by molar-refractivity contribution is -0.385. The number of alkyl halides is 3. The number of allylic oxidation sites excluding steroid dienone is 1. The zero-order chi connectivity index (χ0) is 26.7. The lowest BCUT2D eigenvalue weighted by Crippen LogP contribution is -2.06. The Morgan fingerprint density at radius 1 is 1.22 bits per heavy atom. The van der Waals surface area contributed by atoms with Crippen LogP contribution in [0.3, 0.4) is 0 Å². The van der Waals surface area contributed by atoms with Gasteiger partial charge in [0, 0.05) is 6.07 Å². The summed E-state index contributed by atoms with van der Waals surface area (Å²) >= 11 is 6.39. The van der Waals surface area contributed by atoms with Crippen LogP contribution in [0.2, 0.25) is 5.02 Å². The summed E-state index contributed by atoms with van der Waals surface area (Å²) in [5.41, 5.74) is -0.572. The third-order valence-electron chi connectivity index (χ3n) is 4.98. The van der Waals surface area contributed by atoms with Crippen LogP contribution < -0.4 is 9.47 Å². The molecule has 0 aliphatic heterocycles. The van der Waals surface area contributed by atoms with Gasteiger partial charge in [-0.05, 0) is 55.0 Å². The molecule has 4 rings (SSSR count). The van der Waals surface area contributed by atoms with E-state index in [4.69, 9.17) is 25.5 Å². The van der Waals surface area contributed by atoms with Crippen molar-refractivity contribution in [3.8, 4) is 23.3 Å². The summed E-state index contributed by atoms with van der Waals surface area (Å²) in [4.78, 5) is 14.7. The molecule has 0 unspecified atom stereocenters. The third kappa shape index (κ3) is 5.49. The van der Waals surface area contributed by atoms with Gasteiger partial charge in [-0.1, -0.05) is 23.7 Å². The Morgan fingerprint density at radius 2 is 1.97 bits per heavy atom. The number of fused-ring (bicyclic) bond motifs is 1. The molecule has 0 spiro atoms. The van der Waals surface area contributed by atoms with Crippen LogP contribution in [-0.4, -0.2) is 16.5 Å². The number of nitrogens with zero attached hydrogens (tertiary/aromatic N) is 3. The van der Waals surface area contributed by atoms with E-state index in [1.54, 1.807) is 31.2 Å². The first-order valence-corrected chi connectivity index (χ1v) is 11.0. The molecule has 3 aromatic carbocycles. The average molecular weight is 530 g/mol. The van der Waals surface area contributed by atoms with E-state index in [0.717, 1.165) is 6.07 Å². The van der Waals surface area contributed by atoms with Crippen LogP contribution >= 0.6 is 11.6 Å². The Hall–Kier alpha value is -4.56. The molecule has 0 aliphatic rings. The smallest absolute Gasteiger partial charge is 0.416 e. The van der Waals surface area contributed by atoms with Gasteiger partial charge in [-0.25, -0.2) is 4.98 Å². The fourth-order valence-corrected chi connectivity index (χ4v) is 3.62. The highest BCUT2D eigenvalue weighted by atomic mass is 35.5. The summed E-state index contributed by atoms with van der Waals surface area (Å²) in [6, 6.07) is 13.7. The molecular formula is C25H15ClF3N3O5. The summed E-state index contributed by atoms with van der Waals surface area (Å²) in [6.07, 6.45) is -3.33. The van der Waals surface area contributed by atoms with E-state index < -0.39 is 28.1 Å². The lowest BCUT2D eigenvalue weighted by atomic mass is 10.1. The van der Waals surface area contributed by atoms with Crippen LogP contribution in [-0.2, 0) is 6.18 Å². The number of nitro groups is 1. The van der Waals surface area contributed by atoms with Crippen LogP contribution in [0, 0.1) is 21.4 Å². The first-order chi connectivity index (χ1) is 17.6. The number of oxazole rings is 1. The standard InChI is InChI=1S/C25H15ClF3N3O5/c1-2-35-22-11-14(9-15(13-30)24-31-18-5-3-4-6-20(18)37-24)10-17(26)23(22)36-21-8-7-16(25(27,28)29)12-19(21)32(33)34/h3-12H,2H2,1H3/b15-9+. The molecule has 0 saturated carbocycles. The highest BCUT2D eigenvalue weighted by Gasteiger charge is 2.33. The van der Waals surface area contributed by atoms with Crippen molar-refractivity contribution < 1.29 is 32.0 Å². The Bertz CT molecular complexity index is 1540. The van der Waals surface area contributed by atoms with Gasteiger partial charge >= 0.3 is 11.9 Å². The van der Waals surface area contributed by atoms with E-state index in [1.165, 1.54) is 18.2 Å². The molecule has 0 bridgehead atoms. The van der Waals surface area contributed by atoms with Gasteiger partial charge in [-0.3, -0.25) is 10.1 Å². The normalized spacial score (nSPS) is 11.8. The van der Waals surface area contributed by atoms with Crippen LogP contribution in [0.25, 0.3) is 22.7 Å². The molecule has 37 heavy (non-hydrogen) atoms. The van der Waals surface area contributed by atoms with E-state index in [2.05, 4.69) is 4.98 Å². The van der Waals surface area contributed by atoms with Crippen molar-refractivity contribution >= 4 is 40.0 Å².